The first-order chi connectivity index (χ1) is 20.8. The van der Waals surface area contributed by atoms with Crippen LogP contribution in [0.4, 0.5) is 11.4 Å². The van der Waals surface area contributed by atoms with Crippen LogP contribution in [0.25, 0.3) is 45.6 Å². The molecule has 0 N–H and O–H groups in total. The van der Waals surface area contributed by atoms with E-state index in [1.54, 1.807) is 0 Å². The van der Waals surface area contributed by atoms with E-state index in [9.17, 15) is 5.26 Å². The van der Waals surface area contributed by atoms with Gasteiger partial charge in [0.15, 0.2) is 0 Å². The lowest BCUT2D eigenvalue weighted by atomic mass is 9.89. The van der Waals surface area contributed by atoms with Crippen molar-refractivity contribution in [2.24, 2.45) is 0 Å². The summed E-state index contributed by atoms with van der Waals surface area (Å²) in [6, 6.07) is 39.6. The topological polar surface area (TPSA) is 32.0 Å². The molecule has 198 valence electrons. The molecular weight excluding hydrogens is 510 g/mol. The van der Waals surface area contributed by atoms with E-state index >= 15 is 0 Å². The third-order valence-electron chi connectivity index (χ3n) is 9.36. The van der Waals surface area contributed by atoms with Crippen molar-refractivity contribution >= 4 is 51.3 Å². The minimum absolute atomic E-state index is 0.110. The van der Waals surface area contributed by atoms with E-state index in [1.807, 2.05) is 12.1 Å². The van der Waals surface area contributed by atoms with Crippen molar-refractivity contribution in [2.45, 2.75) is 24.8 Å². The van der Waals surface area contributed by atoms with Crippen molar-refractivity contribution in [3.05, 3.63) is 142 Å². The van der Waals surface area contributed by atoms with Gasteiger partial charge in [0.2, 0.25) is 0 Å². The van der Waals surface area contributed by atoms with E-state index in [0.29, 0.717) is 5.56 Å². The maximum absolute atomic E-state index is 10.6. The molecule has 3 aliphatic rings. The fourth-order valence-corrected chi connectivity index (χ4v) is 7.55. The molecule has 1 aliphatic heterocycles. The van der Waals surface area contributed by atoms with E-state index in [4.69, 9.17) is 0 Å². The van der Waals surface area contributed by atoms with E-state index in [0.717, 1.165) is 29.7 Å². The monoisotopic (exact) mass is 537 g/mol. The number of allylic oxidation sites excluding steroid dienone is 1. The Kier molecular flexibility index (Phi) is 4.92. The maximum atomic E-state index is 10.6. The number of nitriles is 1. The highest BCUT2D eigenvalue weighted by Gasteiger charge is 2.39. The summed E-state index contributed by atoms with van der Waals surface area (Å²) in [6.45, 7) is 0. The smallest absolute Gasteiger partial charge is 0.101 e. The quantitative estimate of drug-likeness (QED) is 0.229. The van der Waals surface area contributed by atoms with Crippen LogP contribution in [0.15, 0.2) is 109 Å². The number of benzene rings is 5. The van der Waals surface area contributed by atoms with Crippen molar-refractivity contribution in [3.63, 3.8) is 0 Å². The number of anilines is 2. The predicted molar refractivity (Wildman–Crippen MR) is 173 cm³/mol. The summed E-state index contributed by atoms with van der Waals surface area (Å²) in [4.78, 5) is 2.48. The van der Waals surface area contributed by atoms with Crippen LogP contribution in [0.2, 0.25) is 0 Å². The van der Waals surface area contributed by atoms with Gasteiger partial charge in [-0.05, 0) is 81.6 Å². The van der Waals surface area contributed by atoms with Gasteiger partial charge in [0.25, 0.3) is 0 Å². The second-order valence-corrected chi connectivity index (χ2v) is 11.5. The first-order valence-corrected chi connectivity index (χ1v) is 14.7. The van der Waals surface area contributed by atoms with Gasteiger partial charge in [-0.15, -0.1) is 0 Å². The Bertz CT molecular complexity index is 2300. The van der Waals surface area contributed by atoms with E-state index in [1.165, 1.54) is 49.1 Å². The van der Waals surface area contributed by atoms with E-state index in [-0.39, 0.29) is 12.0 Å². The lowest BCUT2D eigenvalue weighted by Gasteiger charge is -2.31. The molecule has 2 atom stereocenters. The summed E-state index contributed by atoms with van der Waals surface area (Å²) in [5.74, 6) is 0.230. The largest absolute Gasteiger partial charge is 0.332 e. The minimum Gasteiger partial charge on any atom is -0.332 e. The maximum Gasteiger partial charge on any atom is 0.101 e. The van der Waals surface area contributed by atoms with Gasteiger partial charge < -0.3 is 9.47 Å². The standard InChI is InChI=1S/C39H27N3/c40-24-29-14-9-19-36(41-34-17-7-5-15-30(34)32-20-25-10-1-3-12-27(25)22-37(32)41)39(29)42-35-18-8-6-16-31(35)33-21-26-11-2-4-13-28(26)23-38(33)42/h1-5,7-15,17-23,32,37H,6,16H2. The van der Waals surface area contributed by atoms with Crippen LogP contribution in [0.1, 0.15) is 34.7 Å². The molecular formula is C39H27N3. The normalized spacial score (nSPS) is 18.0. The Morgan fingerprint density at radius 3 is 2.33 bits per heavy atom. The number of aromatic nitrogens is 1. The lowest BCUT2D eigenvalue weighted by molar-refractivity contribution is 0.799. The van der Waals surface area contributed by atoms with Gasteiger partial charge in [0, 0.05) is 22.7 Å². The molecule has 5 aromatic carbocycles. The number of para-hydroxylation sites is 2. The van der Waals surface area contributed by atoms with Gasteiger partial charge in [-0.1, -0.05) is 91.0 Å². The Morgan fingerprint density at radius 2 is 1.48 bits per heavy atom. The molecule has 9 rings (SSSR count). The van der Waals surface area contributed by atoms with Crippen molar-refractivity contribution in [3.8, 4) is 11.8 Å². The molecule has 0 saturated carbocycles. The first kappa shape index (κ1) is 23.4. The Labute approximate surface area is 244 Å². The molecule has 6 aromatic rings. The summed E-state index contributed by atoms with van der Waals surface area (Å²) in [7, 11) is 0. The summed E-state index contributed by atoms with van der Waals surface area (Å²) in [6.07, 6.45) is 11.4. The number of fused-ring (bicyclic) bond motifs is 8. The highest BCUT2D eigenvalue weighted by Crippen LogP contribution is 2.50. The molecule has 2 aliphatic carbocycles. The van der Waals surface area contributed by atoms with Crippen LogP contribution in [-0.4, -0.2) is 10.6 Å². The van der Waals surface area contributed by atoms with Crippen LogP contribution in [0.5, 0.6) is 0 Å². The molecule has 0 fully saturated rings. The summed E-state index contributed by atoms with van der Waals surface area (Å²) in [5, 5.41) is 16.8. The molecule has 0 spiro atoms. The number of hydrogen-bond acceptors (Lipinski definition) is 2. The zero-order valence-electron chi connectivity index (χ0n) is 23.0. The van der Waals surface area contributed by atoms with E-state index in [2.05, 4.69) is 131 Å². The average Bonchev–Trinajstić information content (AvgIpc) is 3.53. The number of rotatable bonds is 2. The van der Waals surface area contributed by atoms with Gasteiger partial charge in [-0.2, -0.15) is 5.26 Å². The number of nitrogens with zero attached hydrogens (tertiary/aromatic N) is 3. The molecule has 0 radical (unpaired) electrons. The fourth-order valence-electron chi connectivity index (χ4n) is 7.55. The minimum atomic E-state index is 0.110. The SMILES string of the molecule is N#Cc1cccc(N2c3ccccc3C3C=c4ccccc4=CC32)c1-n1c2c(c3cc4ccccc4cc31)CCC=C2. The molecule has 0 amide bonds. The molecule has 3 nitrogen and oxygen atoms in total. The third kappa shape index (κ3) is 3.21. The second-order valence-electron chi connectivity index (χ2n) is 11.5. The number of hydrogen-bond donors (Lipinski definition) is 0. The van der Waals surface area contributed by atoms with Crippen molar-refractivity contribution in [2.75, 3.05) is 4.90 Å². The Morgan fingerprint density at radius 1 is 0.738 bits per heavy atom. The van der Waals surface area contributed by atoms with Crippen LogP contribution in [-0.2, 0) is 6.42 Å². The molecule has 3 heteroatoms. The van der Waals surface area contributed by atoms with E-state index < -0.39 is 0 Å². The molecule has 0 bridgehead atoms. The van der Waals surface area contributed by atoms with Crippen molar-refractivity contribution in [1.82, 2.24) is 4.57 Å². The average molecular weight is 538 g/mol. The molecule has 0 saturated heterocycles. The van der Waals surface area contributed by atoms with Crippen molar-refractivity contribution in [1.29, 1.82) is 5.26 Å². The van der Waals surface area contributed by atoms with Gasteiger partial charge in [-0.25, -0.2) is 0 Å². The van der Waals surface area contributed by atoms with Gasteiger partial charge in [0.1, 0.15) is 6.07 Å². The summed E-state index contributed by atoms with van der Waals surface area (Å²) < 4.78 is 2.37. The Hall–Kier alpha value is -5.33. The van der Waals surface area contributed by atoms with Crippen LogP contribution in [0, 0.1) is 11.3 Å². The third-order valence-corrected chi connectivity index (χ3v) is 9.36. The highest BCUT2D eigenvalue weighted by atomic mass is 15.2. The lowest BCUT2D eigenvalue weighted by Crippen LogP contribution is -2.38. The van der Waals surface area contributed by atoms with Gasteiger partial charge in [-0.3, -0.25) is 0 Å². The van der Waals surface area contributed by atoms with Gasteiger partial charge >= 0.3 is 0 Å². The molecule has 42 heavy (non-hydrogen) atoms. The Balaban J connectivity index is 1.38. The zero-order valence-corrected chi connectivity index (χ0v) is 23.0. The van der Waals surface area contributed by atoms with Crippen LogP contribution < -0.4 is 15.3 Å². The summed E-state index contributed by atoms with van der Waals surface area (Å²) in [5.41, 5.74) is 8.93. The highest BCUT2D eigenvalue weighted by molar-refractivity contribution is 6.02. The fraction of sp³-hybridized carbons (Fsp3) is 0.103. The first-order valence-electron chi connectivity index (χ1n) is 14.7. The van der Waals surface area contributed by atoms with Crippen LogP contribution in [0.3, 0.4) is 0 Å². The van der Waals surface area contributed by atoms with Gasteiger partial charge in [0.05, 0.1) is 28.5 Å². The van der Waals surface area contributed by atoms with Crippen molar-refractivity contribution < 1.29 is 0 Å². The zero-order chi connectivity index (χ0) is 27.8. The second kappa shape index (κ2) is 8.83. The molecule has 2 unspecified atom stereocenters. The van der Waals surface area contributed by atoms with Crippen LogP contribution >= 0.6 is 0 Å². The molecule has 2 heterocycles. The molecule has 1 aromatic heterocycles. The number of aryl methyl sites for hydroxylation is 1. The predicted octanol–water partition coefficient (Wildman–Crippen LogP) is 7.49. The summed E-state index contributed by atoms with van der Waals surface area (Å²) >= 11 is 0.